The van der Waals surface area contributed by atoms with Gasteiger partial charge in [-0.1, -0.05) is 0 Å². The van der Waals surface area contributed by atoms with E-state index in [2.05, 4.69) is 10.4 Å². The molecule has 0 spiro atoms. The Morgan fingerprint density at radius 1 is 1.77 bits per heavy atom. The Kier molecular flexibility index (Phi) is 3.88. The van der Waals surface area contributed by atoms with E-state index >= 15 is 0 Å². The maximum atomic E-state index is 5.39. The van der Waals surface area contributed by atoms with Crippen LogP contribution in [0.15, 0.2) is 12.4 Å². The average molecular weight is 184 g/mol. The number of nitrogens with one attached hydrogen (secondary N) is 1. The molecule has 0 aromatic carbocycles. The lowest BCUT2D eigenvalue weighted by Gasteiger charge is -2.14. The zero-order chi connectivity index (χ0) is 9.68. The first-order chi connectivity index (χ1) is 6.29. The van der Waals surface area contributed by atoms with Gasteiger partial charge in [0.15, 0.2) is 0 Å². The summed E-state index contributed by atoms with van der Waals surface area (Å²) in [6.07, 6.45) is 3.62. The summed E-state index contributed by atoms with van der Waals surface area (Å²) in [5.74, 6) is 6.28. The highest BCUT2D eigenvalue weighted by Crippen LogP contribution is 2.08. The van der Waals surface area contributed by atoms with E-state index in [0.717, 1.165) is 5.82 Å². The summed E-state index contributed by atoms with van der Waals surface area (Å²) in [7, 11) is 1.93. The molecule has 5 heteroatoms. The average Bonchev–Trinajstić information content (AvgIpc) is 2.54. The quantitative estimate of drug-likeness (QED) is 0.498. The van der Waals surface area contributed by atoms with Gasteiger partial charge >= 0.3 is 0 Å². The van der Waals surface area contributed by atoms with Crippen LogP contribution in [0.5, 0.6) is 0 Å². The van der Waals surface area contributed by atoms with Gasteiger partial charge in [0.05, 0.1) is 6.61 Å². The van der Waals surface area contributed by atoms with E-state index in [1.165, 1.54) is 0 Å². The van der Waals surface area contributed by atoms with E-state index in [9.17, 15) is 0 Å². The molecule has 1 aromatic rings. The van der Waals surface area contributed by atoms with Crippen molar-refractivity contribution in [1.82, 2.24) is 15.0 Å². The minimum absolute atomic E-state index is 0.0417. The topological polar surface area (TPSA) is 65.1 Å². The highest BCUT2D eigenvalue weighted by atomic mass is 16.5. The van der Waals surface area contributed by atoms with Gasteiger partial charge in [-0.25, -0.2) is 10.4 Å². The van der Waals surface area contributed by atoms with Crippen molar-refractivity contribution < 1.29 is 4.74 Å². The monoisotopic (exact) mass is 184 g/mol. The van der Waals surface area contributed by atoms with Gasteiger partial charge in [-0.05, 0) is 6.92 Å². The minimum atomic E-state index is -0.0417. The fourth-order valence-corrected chi connectivity index (χ4v) is 1.15. The minimum Gasteiger partial charge on any atom is -0.380 e. The molecular formula is C8H16N4O. The van der Waals surface area contributed by atoms with Crippen molar-refractivity contribution in [2.45, 2.75) is 13.0 Å². The van der Waals surface area contributed by atoms with Gasteiger partial charge in [0.1, 0.15) is 11.9 Å². The van der Waals surface area contributed by atoms with Crippen molar-refractivity contribution in [3.63, 3.8) is 0 Å². The van der Waals surface area contributed by atoms with Crippen molar-refractivity contribution >= 4 is 0 Å². The molecule has 1 atom stereocenters. The number of nitrogens with two attached hydrogens (primary N) is 1. The molecule has 0 saturated carbocycles. The third-order valence-electron chi connectivity index (χ3n) is 1.86. The molecule has 0 saturated heterocycles. The van der Waals surface area contributed by atoms with Gasteiger partial charge in [-0.2, -0.15) is 0 Å². The van der Waals surface area contributed by atoms with Crippen LogP contribution in [0.1, 0.15) is 18.8 Å². The first-order valence-electron chi connectivity index (χ1n) is 4.30. The molecule has 74 valence electrons. The molecule has 0 aliphatic carbocycles. The molecule has 0 radical (unpaired) electrons. The van der Waals surface area contributed by atoms with Crippen LogP contribution in [0.4, 0.5) is 0 Å². The Morgan fingerprint density at radius 3 is 3.00 bits per heavy atom. The summed E-state index contributed by atoms with van der Waals surface area (Å²) < 4.78 is 7.19. The molecule has 0 fully saturated rings. The van der Waals surface area contributed by atoms with E-state index in [1.807, 2.05) is 24.7 Å². The standard InChI is InChI=1S/C8H16N4O/c1-3-13-6-7(11-9)8-10-4-5-12(8)2/h4-5,7,11H,3,6,9H2,1-2H3. The summed E-state index contributed by atoms with van der Waals surface area (Å²) in [4.78, 5) is 4.18. The van der Waals surface area contributed by atoms with Crippen LogP contribution in [0.25, 0.3) is 0 Å². The van der Waals surface area contributed by atoms with E-state index < -0.39 is 0 Å². The lowest BCUT2D eigenvalue weighted by molar-refractivity contribution is 0.120. The molecular weight excluding hydrogens is 168 g/mol. The number of aromatic nitrogens is 2. The van der Waals surface area contributed by atoms with Crippen LogP contribution in [-0.2, 0) is 11.8 Å². The van der Waals surface area contributed by atoms with Crippen LogP contribution in [0.3, 0.4) is 0 Å². The van der Waals surface area contributed by atoms with Crippen LogP contribution >= 0.6 is 0 Å². The predicted molar refractivity (Wildman–Crippen MR) is 49.8 cm³/mol. The molecule has 1 aromatic heterocycles. The van der Waals surface area contributed by atoms with E-state index in [1.54, 1.807) is 6.20 Å². The zero-order valence-corrected chi connectivity index (χ0v) is 8.03. The van der Waals surface area contributed by atoms with Crippen molar-refractivity contribution in [2.75, 3.05) is 13.2 Å². The summed E-state index contributed by atoms with van der Waals surface area (Å²) in [6.45, 7) is 3.17. The first kappa shape index (κ1) is 10.2. The van der Waals surface area contributed by atoms with Gasteiger partial charge in [-0.3, -0.25) is 5.84 Å². The smallest absolute Gasteiger partial charge is 0.129 e. The summed E-state index contributed by atoms with van der Waals surface area (Å²) in [6, 6.07) is -0.0417. The van der Waals surface area contributed by atoms with E-state index in [4.69, 9.17) is 10.6 Å². The lowest BCUT2D eigenvalue weighted by atomic mass is 10.3. The second kappa shape index (κ2) is 4.96. The first-order valence-corrected chi connectivity index (χ1v) is 4.30. The third-order valence-corrected chi connectivity index (χ3v) is 1.86. The predicted octanol–water partition coefficient (Wildman–Crippen LogP) is -0.0390. The number of hydrazine groups is 1. The van der Waals surface area contributed by atoms with Crippen LogP contribution in [-0.4, -0.2) is 22.8 Å². The molecule has 1 rings (SSSR count). The number of hydrogen-bond donors (Lipinski definition) is 2. The Morgan fingerprint density at radius 2 is 2.54 bits per heavy atom. The molecule has 5 nitrogen and oxygen atoms in total. The van der Waals surface area contributed by atoms with E-state index in [0.29, 0.717) is 13.2 Å². The highest BCUT2D eigenvalue weighted by molar-refractivity contribution is 4.97. The fourth-order valence-electron chi connectivity index (χ4n) is 1.15. The molecule has 1 heterocycles. The van der Waals surface area contributed by atoms with Gasteiger partial charge < -0.3 is 9.30 Å². The van der Waals surface area contributed by atoms with Gasteiger partial charge in [0.2, 0.25) is 0 Å². The number of nitrogens with zero attached hydrogens (tertiary/aromatic N) is 2. The molecule has 0 aliphatic rings. The largest absolute Gasteiger partial charge is 0.380 e. The lowest BCUT2D eigenvalue weighted by Crippen LogP contribution is -2.33. The van der Waals surface area contributed by atoms with Crippen molar-refractivity contribution in [1.29, 1.82) is 0 Å². The molecule has 0 aliphatic heterocycles. The summed E-state index contributed by atoms with van der Waals surface area (Å²) in [5, 5.41) is 0. The van der Waals surface area contributed by atoms with Crippen molar-refractivity contribution in [2.24, 2.45) is 12.9 Å². The molecule has 1 unspecified atom stereocenters. The number of imidazole rings is 1. The highest BCUT2D eigenvalue weighted by Gasteiger charge is 2.13. The van der Waals surface area contributed by atoms with Gasteiger partial charge in [0.25, 0.3) is 0 Å². The normalized spacial score (nSPS) is 13.2. The number of aryl methyl sites for hydroxylation is 1. The maximum Gasteiger partial charge on any atom is 0.129 e. The fraction of sp³-hybridized carbons (Fsp3) is 0.625. The molecule has 0 amide bonds. The Balaban J connectivity index is 2.61. The molecule has 13 heavy (non-hydrogen) atoms. The van der Waals surface area contributed by atoms with Crippen molar-refractivity contribution in [3.05, 3.63) is 18.2 Å². The van der Waals surface area contributed by atoms with Crippen LogP contribution < -0.4 is 11.3 Å². The van der Waals surface area contributed by atoms with Gasteiger partial charge in [0, 0.05) is 26.0 Å². The SMILES string of the molecule is CCOCC(NN)c1nccn1C. The second-order valence-corrected chi connectivity index (χ2v) is 2.78. The van der Waals surface area contributed by atoms with Gasteiger partial charge in [-0.15, -0.1) is 0 Å². The van der Waals surface area contributed by atoms with E-state index in [-0.39, 0.29) is 6.04 Å². The Bertz CT molecular complexity index is 248. The number of rotatable bonds is 5. The zero-order valence-electron chi connectivity index (χ0n) is 8.03. The van der Waals surface area contributed by atoms with Crippen LogP contribution in [0, 0.1) is 0 Å². The van der Waals surface area contributed by atoms with Crippen molar-refractivity contribution in [3.8, 4) is 0 Å². The Hall–Kier alpha value is -0.910. The van der Waals surface area contributed by atoms with Crippen LogP contribution in [0.2, 0.25) is 0 Å². The summed E-state index contributed by atoms with van der Waals surface area (Å²) >= 11 is 0. The second-order valence-electron chi connectivity index (χ2n) is 2.78. The Labute approximate surface area is 77.9 Å². The number of hydrogen-bond acceptors (Lipinski definition) is 4. The molecule has 0 bridgehead atoms. The number of ether oxygens (including phenoxy) is 1. The maximum absolute atomic E-state index is 5.39. The third kappa shape index (κ3) is 2.51. The molecule has 3 N–H and O–H groups in total. The summed E-state index contributed by atoms with van der Waals surface area (Å²) in [5.41, 5.74) is 2.67.